The van der Waals surface area contributed by atoms with Crippen molar-refractivity contribution in [1.29, 1.82) is 0 Å². The smallest absolute Gasteiger partial charge is 0.338 e. The Morgan fingerprint density at radius 1 is 1.05 bits per heavy atom. The lowest BCUT2D eigenvalue weighted by atomic mass is 9.94. The van der Waals surface area contributed by atoms with E-state index in [0.29, 0.717) is 61.0 Å². The summed E-state index contributed by atoms with van der Waals surface area (Å²) in [6.07, 6.45) is 0.615. The third kappa shape index (κ3) is 6.04. The largest absolute Gasteiger partial charge is 0.463 e. The number of hydrogen-bond acceptors (Lipinski definition) is 6. The first-order valence-electron chi connectivity index (χ1n) is 12.6. The molecule has 204 valence electrons. The van der Waals surface area contributed by atoms with E-state index in [2.05, 4.69) is 10.2 Å². The first kappa shape index (κ1) is 28.1. The summed E-state index contributed by atoms with van der Waals surface area (Å²) in [5, 5.41) is 3.44. The molecule has 1 fully saturated rings. The predicted octanol–water partition coefficient (Wildman–Crippen LogP) is 3.56. The lowest BCUT2D eigenvalue weighted by Gasteiger charge is -2.36. The Morgan fingerprint density at radius 2 is 1.74 bits per heavy atom. The summed E-state index contributed by atoms with van der Waals surface area (Å²) in [4.78, 5) is 29.9. The third-order valence-corrected chi connectivity index (χ3v) is 9.02. The van der Waals surface area contributed by atoms with E-state index in [-0.39, 0.29) is 17.5 Å². The zero-order chi connectivity index (χ0) is 27.4. The van der Waals surface area contributed by atoms with Gasteiger partial charge in [0.05, 0.1) is 23.1 Å². The fourth-order valence-electron chi connectivity index (χ4n) is 4.72. The Hall–Kier alpha value is -2.92. The molecule has 9 nitrogen and oxygen atoms in total. The van der Waals surface area contributed by atoms with Crippen molar-refractivity contribution in [3.05, 3.63) is 76.0 Å². The number of urea groups is 1. The number of amides is 2. The van der Waals surface area contributed by atoms with Crippen LogP contribution in [0, 0.1) is 6.92 Å². The van der Waals surface area contributed by atoms with Crippen LogP contribution in [0.4, 0.5) is 4.79 Å². The minimum Gasteiger partial charge on any atom is -0.463 e. The molecule has 1 atom stereocenters. The van der Waals surface area contributed by atoms with Crippen molar-refractivity contribution in [1.82, 2.24) is 19.4 Å². The van der Waals surface area contributed by atoms with E-state index in [1.165, 1.54) is 9.21 Å². The summed E-state index contributed by atoms with van der Waals surface area (Å²) in [5.41, 5.74) is 2.59. The van der Waals surface area contributed by atoms with Gasteiger partial charge in [-0.25, -0.2) is 18.0 Å². The first-order valence-corrected chi connectivity index (χ1v) is 14.4. The first-order chi connectivity index (χ1) is 18.1. The molecule has 2 amide bonds. The summed E-state index contributed by atoms with van der Waals surface area (Å²) < 4.78 is 33.4. The van der Waals surface area contributed by atoms with Crippen LogP contribution in [0.3, 0.4) is 0 Å². The number of carbonyl (C=O) groups excluding carboxylic acids is 2. The van der Waals surface area contributed by atoms with Gasteiger partial charge in [-0.2, -0.15) is 4.31 Å². The van der Waals surface area contributed by atoms with Crippen LogP contribution in [-0.4, -0.2) is 80.9 Å². The summed E-state index contributed by atoms with van der Waals surface area (Å²) in [7, 11) is -2.00. The average Bonchev–Trinajstić information content (AvgIpc) is 3.13. The van der Waals surface area contributed by atoms with Crippen molar-refractivity contribution in [2.24, 2.45) is 0 Å². The van der Waals surface area contributed by atoms with Crippen molar-refractivity contribution < 1.29 is 22.7 Å². The fraction of sp³-hybridized carbons (Fsp3) is 0.407. The number of carbonyl (C=O) groups is 2. The minimum atomic E-state index is -3.62. The van der Waals surface area contributed by atoms with Crippen molar-refractivity contribution in [3.63, 3.8) is 0 Å². The highest BCUT2D eigenvalue weighted by Crippen LogP contribution is 2.32. The number of sulfonamides is 1. The molecule has 4 rings (SSSR count). The lowest BCUT2D eigenvalue weighted by molar-refractivity contribution is -0.139. The molecule has 2 aromatic carbocycles. The van der Waals surface area contributed by atoms with Gasteiger partial charge in [-0.1, -0.05) is 41.4 Å². The third-order valence-electron chi connectivity index (χ3n) is 6.86. The van der Waals surface area contributed by atoms with Crippen molar-refractivity contribution in [2.75, 3.05) is 46.4 Å². The summed E-state index contributed by atoms with van der Waals surface area (Å²) >= 11 is 6.06. The second kappa shape index (κ2) is 11.9. The number of nitrogens with one attached hydrogen (secondary N) is 1. The number of hydrogen-bond donors (Lipinski definition) is 1. The van der Waals surface area contributed by atoms with Gasteiger partial charge in [0.2, 0.25) is 10.0 Å². The van der Waals surface area contributed by atoms with Gasteiger partial charge in [0.1, 0.15) is 0 Å². The van der Waals surface area contributed by atoms with Crippen LogP contribution < -0.4 is 5.32 Å². The van der Waals surface area contributed by atoms with Gasteiger partial charge in [-0.05, 0) is 56.6 Å². The van der Waals surface area contributed by atoms with Crippen LogP contribution in [0.2, 0.25) is 5.02 Å². The Balaban J connectivity index is 1.61. The van der Waals surface area contributed by atoms with Crippen LogP contribution in [0.5, 0.6) is 0 Å². The summed E-state index contributed by atoms with van der Waals surface area (Å²) in [6, 6.07) is 12.8. The zero-order valence-electron chi connectivity index (χ0n) is 21.8. The molecular weight excluding hydrogens is 528 g/mol. The highest BCUT2D eigenvalue weighted by molar-refractivity contribution is 7.89. The van der Waals surface area contributed by atoms with Crippen molar-refractivity contribution in [2.45, 2.75) is 31.2 Å². The number of rotatable bonds is 7. The van der Waals surface area contributed by atoms with Crippen LogP contribution in [0.25, 0.3) is 0 Å². The Labute approximate surface area is 229 Å². The van der Waals surface area contributed by atoms with E-state index in [0.717, 1.165) is 5.56 Å². The molecule has 0 aromatic heterocycles. The molecule has 2 aliphatic rings. The molecule has 2 heterocycles. The SMILES string of the molecule is CCOC(=O)C1=C(CN2CCCN(S(=O)(=O)c3ccc(C)cc3)CC2)N(C)C(=O)N[C@H]1c1ccc(Cl)cc1. The Bertz CT molecular complexity index is 1310. The van der Waals surface area contributed by atoms with Gasteiger partial charge in [-0.3, -0.25) is 9.80 Å². The molecule has 0 radical (unpaired) electrons. The normalized spacial score (nSPS) is 19.7. The van der Waals surface area contributed by atoms with Crippen LogP contribution >= 0.6 is 11.6 Å². The minimum absolute atomic E-state index is 0.191. The van der Waals surface area contributed by atoms with Gasteiger partial charge in [-0.15, -0.1) is 0 Å². The maximum atomic E-state index is 13.2. The molecule has 2 aromatic rings. The number of likely N-dealkylation sites (N-methyl/N-ethyl adjacent to an activating group) is 1. The maximum Gasteiger partial charge on any atom is 0.338 e. The Kier molecular flexibility index (Phi) is 8.77. The van der Waals surface area contributed by atoms with Crippen LogP contribution in [-0.2, 0) is 19.6 Å². The highest BCUT2D eigenvalue weighted by atomic mass is 35.5. The molecule has 38 heavy (non-hydrogen) atoms. The van der Waals surface area contributed by atoms with Gasteiger partial charge >= 0.3 is 12.0 Å². The predicted molar refractivity (Wildman–Crippen MR) is 145 cm³/mol. The molecule has 2 aliphatic heterocycles. The molecule has 0 spiro atoms. The number of esters is 1. The topological polar surface area (TPSA) is 99.3 Å². The Morgan fingerprint density at radius 3 is 2.39 bits per heavy atom. The van der Waals surface area contributed by atoms with E-state index in [1.54, 1.807) is 62.5 Å². The highest BCUT2D eigenvalue weighted by Gasteiger charge is 2.38. The molecular formula is C27H33ClN4O5S. The van der Waals surface area contributed by atoms with E-state index in [9.17, 15) is 18.0 Å². The number of benzene rings is 2. The number of nitrogens with zero attached hydrogens (tertiary/aromatic N) is 3. The molecule has 0 unspecified atom stereocenters. The van der Waals surface area contributed by atoms with Gasteiger partial charge in [0.15, 0.2) is 0 Å². The second-order valence-electron chi connectivity index (χ2n) is 9.42. The maximum absolute atomic E-state index is 13.2. The van der Waals surface area contributed by atoms with Gasteiger partial charge in [0.25, 0.3) is 0 Å². The number of ether oxygens (including phenoxy) is 1. The lowest BCUT2D eigenvalue weighted by Crippen LogP contribution is -2.49. The number of aryl methyl sites for hydroxylation is 1. The summed E-state index contributed by atoms with van der Waals surface area (Å²) in [6.45, 7) is 5.88. The van der Waals surface area contributed by atoms with Crippen molar-refractivity contribution in [3.8, 4) is 0 Å². The van der Waals surface area contributed by atoms with E-state index in [1.807, 2.05) is 6.92 Å². The molecule has 11 heteroatoms. The second-order valence-corrected chi connectivity index (χ2v) is 11.8. The zero-order valence-corrected chi connectivity index (χ0v) is 23.4. The quantitative estimate of drug-likeness (QED) is 0.520. The summed E-state index contributed by atoms with van der Waals surface area (Å²) in [5.74, 6) is -0.507. The van der Waals surface area contributed by atoms with Gasteiger partial charge < -0.3 is 10.1 Å². The van der Waals surface area contributed by atoms with E-state index in [4.69, 9.17) is 16.3 Å². The van der Waals surface area contributed by atoms with E-state index < -0.39 is 22.0 Å². The van der Waals surface area contributed by atoms with E-state index >= 15 is 0 Å². The average molecular weight is 561 g/mol. The number of halogens is 1. The standard InChI is InChI=1S/C27H33ClN4O5S/c1-4-37-26(33)24-23(30(3)27(34)29-25(24)20-8-10-21(28)11-9-20)18-31-14-5-15-32(17-16-31)38(35,36)22-12-6-19(2)7-13-22/h6-13,25H,4-5,14-18H2,1-3H3,(H,29,34)/t25-/m0/s1. The molecule has 0 aliphatic carbocycles. The van der Waals surface area contributed by atoms with Crippen LogP contribution in [0.15, 0.2) is 64.7 Å². The monoisotopic (exact) mass is 560 g/mol. The molecule has 1 N–H and O–H groups in total. The van der Waals surface area contributed by atoms with Gasteiger partial charge in [0, 0.05) is 43.9 Å². The molecule has 0 saturated carbocycles. The van der Waals surface area contributed by atoms with Crippen LogP contribution in [0.1, 0.15) is 30.5 Å². The molecule has 0 bridgehead atoms. The molecule has 1 saturated heterocycles. The van der Waals surface area contributed by atoms with Crippen molar-refractivity contribution >= 4 is 33.6 Å². The fourth-order valence-corrected chi connectivity index (χ4v) is 6.32.